The van der Waals surface area contributed by atoms with Crippen molar-refractivity contribution in [1.29, 1.82) is 0 Å². The molecule has 0 amide bonds. The second-order valence-corrected chi connectivity index (χ2v) is 17.5. The first kappa shape index (κ1) is 35.2. The molecular weight excluding hydrogens is 801 g/mol. The smallest absolute Gasteiger partial charge is 0.238 e. The predicted octanol–water partition coefficient (Wildman–Crippen LogP) is 14.9. The number of rotatable bonds is 5. The van der Waals surface area contributed by atoms with Crippen LogP contribution in [-0.2, 0) is 0 Å². The van der Waals surface area contributed by atoms with Crippen LogP contribution in [0.15, 0.2) is 206 Å². The first-order valence-electron chi connectivity index (χ1n) is 21.5. The summed E-state index contributed by atoms with van der Waals surface area (Å²) in [5.41, 5.74) is 10.8. The Bertz CT molecular complexity index is 4160. The van der Waals surface area contributed by atoms with Gasteiger partial charge in [0.05, 0.1) is 33.1 Å². The fraction of sp³-hybridized carbons (Fsp3) is 0. The van der Waals surface area contributed by atoms with Gasteiger partial charge in [0.1, 0.15) is 0 Å². The van der Waals surface area contributed by atoms with Gasteiger partial charge in [0.2, 0.25) is 5.95 Å². The second-order valence-electron chi connectivity index (χ2n) is 16.4. The summed E-state index contributed by atoms with van der Waals surface area (Å²) in [5.74, 6) is 1.81. The van der Waals surface area contributed by atoms with Crippen LogP contribution in [0.25, 0.3) is 126 Å². The maximum Gasteiger partial charge on any atom is 0.238 e. The third-order valence-electron chi connectivity index (χ3n) is 12.9. The lowest BCUT2D eigenvalue weighted by Crippen LogP contribution is -2.06. The van der Waals surface area contributed by atoms with Crippen molar-refractivity contribution in [2.24, 2.45) is 0 Å². The summed E-state index contributed by atoms with van der Waals surface area (Å²) in [5, 5.41) is 9.63. The number of hydrogen-bond acceptors (Lipinski definition) is 4. The summed E-state index contributed by atoms with van der Waals surface area (Å²) in [6, 6.07) is 73.8. The molecule has 0 aliphatic carbocycles. The van der Waals surface area contributed by atoms with E-state index in [0.29, 0.717) is 17.6 Å². The van der Waals surface area contributed by atoms with Gasteiger partial charge >= 0.3 is 0 Å². The zero-order chi connectivity index (χ0) is 41.9. The number of aromatic nitrogens is 6. The number of benzene rings is 9. The van der Waals surface area contributed by atoms with Crippen LogP contribution in [0.5, 0.6) is 0 Å². The molecule has 14 rings (SSSR count). The molecule has 0 spiro atoms. The fourth-order valence-electron chi connectivity index (χ4n) is 10.1. The molecule has 0 saturated carbocycles. The lowest BCUT2D eigenvalue weighted by molar-refractivity contribution is 0.953. The van der Waals surface area contributed by atoms with Crippen molar-refractivity contribution in [3.05, 3.63) is 206 Å². The van der Waals surface area contributed by atoms with Crippen molar-refractivity contribution in [2.45, 2.75) is 0 Å². The Balaban J connectivity index is 1.00. The Morgan fingerprint density at radius 2 is 0.750 bits per heavy atom. The van der Waals surface area contributed by atoms with E-state index in [2.05, 4.69) is 220 Å². The van der Waals surface area contributed by atoms with Gasteiger partial charge in [-0.25, -0.2) is 4.98 Å². The maximum absolute atomic E-state index is 5.35. The topological polar surface area (TPSA) is 53.5 Å². The van der Waals surface area contributed by atoms with Crippen LogP contribution in [0.1, 0.15) is 0 Å². The van der Waals surface area contributed by atoms with E-state index in [0.717, 1.165) is 55.3 Å². The second kappa shape index (κ2) is 13.6. The van der Waals surface area contributed by atoms with E-state index in [1.165, 1.54) is 52.8 Å². The van der Waals surface area contributed by atoms with Crippen molar-refractivity contribution in [3.63, 3.8) is 0 Å². The monoisotopic (exact) mass is 834 g/mol. The van der Waals surface area contributed by atoms with Gasteiger partial charge < -0.3 is 9.13 Å². The Kier molecular flexibility index (Phi) is 7.46. The Hall–Kier alpha value is -8.39. The Labute approximate surface area is 370 Å². The lowest BCUT2D eigenvalue weighted by atomic mass is 10.1. The van der Waals surface area contributed by atoms with E-state index >= 15 is 0 Å². The molecule has 298 valence electrons. The summed E-state index contributed by atoms with van der Waals surface area (Å²) < 4.78 is 9.44. The highest BCUT2D eigenvalue weighted by Crippen LogP contribution is 2.41. The normalized spacial score (nSPS) is 12.1. The SMILES string of the molecule is c1ccc(-n2c3ccccc3c3cc4c(cc32)c2ccccc2n4-c2cccc(-c3nc(-c4ccc5c(c4)sc4ccccc45)nc(-n4c5ccccc5c5ccccc54)n3)c2)cc1. The molecule has 0 fully saturated rings. The van der Waals surface area contributed by atoms with Gasteiger partial charge in [-0.2, -0.15) is 9.97 Å². The lowest BCUT2D eigenvalue weighted by Gasteiger charge is -2.13. The Morgan fingerprint density at radius 3 is 1.38 bits per heavy atom. The van der Waals surface area contributed by atoms with Gasteiger partial charge in [0.25, 0.3) is 0 Å². The first-order valence-corrected chi connectivity index (χ1v) is 22.3. The fourth-order valence-corrected chi connectivity index (χ4v) is 11.2. The quantitative estimate of drug-likeness (QED) is 0.174. The molecule has 5 aromatic heterocycles. The minimum atomic E-state index is 0.577. The number of thiophene rings is 1. The van der Waals surface area contributed by atoms with E-state index < -0.39 is 0 Å². The van der Waals surface area contributed by atoms with Gasteiger partial charge in [-0.3, -0.25) is 4.57 Å². The van der Waals surface area contributed by atoms with Crippen molar-refractivity contribution in [3.8, 4) is 40.1 Å². The predicted molar refractivity (Wildman–Crippen MR) is 267 cm³/mol. The van der Waals surface area contributed by atoms with Crippen LogP contribution in [0.3, 0.4) is 0 Å². The summed E-state index contributed by atoms with van der Waals surface area (Å²) >= 11 is 1.80. The molecule has 6 nitrogen and oxygen atoms in total. The van der Waals surface area contributed by atoms with E-state index in [1.54, 1.807) is 11.3 Å². The largest absolute Gasteiger partial charge is 0.309 e. The molecule has 9 aromatic carbocycles. The molecule has 0 atom stereocenters. The standard InChI is InChI=1S/C57H34N6S/c1-2-16-37(17-3-1)61-47-24-9-6-21-41(47)45-34-52-46(33-51(45)61)42-22-7-10-25-48(42)62(52)38-18-14-15-35(31-38)55-58-56(36-29-30-44-43-23-8-13-28-53(43)64-54(44)32-36)60-57(59-55)63-49-26-11-4-19-39(49)40-20-5-12-27-50(40)63/h1-34H. The molecule has 0 aliphatic rings. The van der Waals surface area contributed by atoms with Crippen LogP contribution in [-0.4, -0.2) is 28.7 Å². The van der Waals surface area contributed by atoms with Gasteiger partial charge in [-0.05, 0) is 72.8 Å². The minimum Gasteiger partial charge on any atom is -0.309 e. The molecule has 5 heterocycles. The zero-order valence-corrected chi connectivity index (χ0v) is 35.0. The summed E-state index contributed by atoms with van der Waals surface area (Å²) in [6.07, 6.45) is 0. The van der Waals surface area contributed by atoms with Crippen molar-refractivity contribution in [2.75, 3.05) is 0 Å². The van der Waals surface area contributed by atoms with Gasteiger partial charge in [0, 0.05) is 75.0 Å². The molecule has 7 heteroatoms. The highest BCUT2D eigenvalue weighted by atomic mass is 32.1. The molecule has 0 saturated heterocycles. The van der Waals surface area contributed by atoms with Crippen LogP contribution >= 0.6 is 11.3 Å². The van der Waals surface area contributed by atoms with E-state index in [1.807, 2.05) is 0 Å². The number of hydrogen-bond donors (Lipinski definition) is 0. The molecule has 0 bridgehead atoms. The number of nitrogens with zero attached hydrogens (tertiary/aromatic N) is 6. The Morgan fingerprint density at radius 1 is 0.281 bits per heavy atom. The molecule has 0 aliphatic heterocycles. The van der Waals surface area contributed by atoms with Crippen molar-refractivity contribution >= 4 is 96.9 Å². The maximum atomic E-state index is 5.35. The van der Waals surface area contributed by atoms with Gasteiger partial charge in [0.15, 0.2) is 11.6 Å². The van der Waals surface area contributed by atoms with E-state index in [9.17, 15) is 0 Å². The number of para-hydroxylation sites is 5. The number of fused-ring (bicyclic) bond motifs is 12. The van der Waals surface area contributed by atoms with Crippen LogP contribution in [0, 0.1) is 0 Å². The highest BCUT2D eigenvalue weighted by Gasteiger charge is 2.21. The van der Waals surface area contributed by atoms with E-state index in [-0.39, 0.29) is 0 Å². The van der Waals surface area contributed by atoms with Gasteiger partial charge in [-0.1, -0.05) is 133 Å². The van der Waals surface area contributed by atoms with Crippen LogP contribution in [0.2, 0.25) is 0 Å². The third-order valence-corrected chi connectivity index (χ3v) is 14.0. The molecular formula is C57H34N6S. The molecule has 14 aromatic rings. The first-order chi connectivity index (χ1) is 31.7. The van der Waals surface area contributed by atoms with E-state index in [4.69, 9.17) is 15.0 Å². The summed E-state index contributed by atoms with van der Waals surface area (Å²) in [7, 11) is 0. The third kappa shape index (κ3) is 5.16. The molecule has 0 N–H and O–H groups in total. The zero-order valence-electron chi connectivity index (χ0n) is 34.2. The van der Waals surface area contributed by atoms with Crippen molar-refractivity contribution < 1.29 is 0 Å². The summed E-state index contributed by atoms with van der Waals surface area (Å²) in [6.45, 7) is 0. The van der Waals surface area contributed by atoms with Crippen molar-refractivity contribution in [1.82, 2.24) is 28.7 Å². The van der Waals surface area contributed by atoms with Gasteiger partial charge in [-0.15, -0.1) is 11.3 Å². The summed E-state index contributed by atoms with van der Waals surface area (Å²) in [4.78, 5) is 16.0. The molecule has 0 radical (unpaired) electrons. The average molecular weight is 835 g/mol. The van der Waals surface area contributed by atoms with Crippen LogP contribution < -0.4 is 0 Å². The average Bonchev–Trinajstić information content (AvgIpc) is 4.09. The minimum absolute atomic E-state index is 0.577. The highest BCUT2D eigenvalue weighted by molar-refractivity contribution is 7.25. The molecule has 0 unspecified atom stereocenters. The van der Waals surface area contributed by atoms with Crippen LogP contribution in [0.4, 0.5) is 0 Å². The molecule has 64 heavy (non-hydrogen) atoms.